The van der Waals surface area contributed by atoms with Crippen LogP contribution in [0, 0.1) is 0 Å². The predicted molar refractivity (Wildman–Crippen MR) is 75.6 cm³/mol. The van der Waals surface area contributed by atoms with Crippen LogP contribution < -0.4 is 10.1 Å². The van der Waals surface area contributed by atoms with Gasteiger partial charge in [0.25, 0.3) is 0 Å². The van der Waals surface area contributed by atoms with E-state index < -0.39 is 0 Å². The minimum atomic E-state index is 0.881. The van der Waals surface area contributed by atoms with Gasteiger partial charge < -0.3 is 15.0 Å². The molecule has 0 saturated heterocycles. The van der Waals surface area contributed by atoms with Crippen LogP contribution in [0.2, 0.25) is 0 Å². The lowest BCUT2D eigenvalue weighted by Gasteiger charge is -2.17. The zero-order valence-electron chi connectivity index (χ0n) is 10.8. The fraction of sp³-hybridized carbons (Fsp3) is 0.538. The molecular formula is C13H21BrN2O. The number of ether oxygens (including phenoxy) is 1. The van der Waals surface area contributed by atoms with Gasteiger partial charge in [-0.25, -0.2) is 0 Å². The second-order valence-corrected chi connectivity index (χ2v) is 5.02. The fourth-order valence-electron chi connectivity index (χ4n) is 1.72. The molecule has 0 fully saturated rings. The molecule has 1 aromatic carbocycles. The molecular weight excluding hydrogens is 280 g/mol. The molecule has 0 aliphatic carbocycles. The first-order valence-corrected chi connectivity index (χ1v) is 6.62. The van der Waals surface area contributed by atoms with Crippen molar-refractivity contribution in [2.45, 2.75) is 13.0 Å². The molecule has 0 radical (unpaired) electrons. The molecule has 0 atom stereocenters. The summed E-state index contributed by atoms with van der Waals surface area (Å²) >= 11 is 3.51. The Labute approximate surface area is 112 Å². The Morgan fingerprint density at radius 1 is 1.41 bits per heavy atom. The quantitative estimate of drug-likeness (QED) is 0.783. The largest absolute Gasteiger partial charge is 0.496 e. The van der Waals surface area contributed by atoms with E-state index in [9.17, 15) is 0 Å². The fourth-order valence-corrected chi connectivity index (χ4v) is 2.31. The Morgan fingerprint density at radius 2 is 2.18 bits per heavy atom. The van der Waals surface area contributed by atoms with Crippen molar-refractivity contribution in [3.05, 3.63) is 28.2 Å². The van der Waals surface area contributed by atoms with E-state index in [1.54, 1.807) is 7.11 Å². The highest BCUT2D eigenvalue weighted by atomic mass is 79.9. The molecule has 96 valence electrons. The summed E-state index contributed by atoms with van der Waals surface area (Å²) in [4.78, 5) is 2.32. The smallest absolute Gasteiger partial charge is 0.133 e. The summed E-state index contributed by atoms with van der Waals surface area (Å²) in [7, 11) is 5.82. The topological polar surface area (TPSA) is 24.5 Å². The zero-order valence-corrected chi connectivity index (χ0v) is 12.4. The first-order chi connectivity index (χ1) is 8.17. The minimum absolute atomic E-state index is 0.881. The highest BCUT2D eigenvalue weighted by Crippen LogP contribution is 2.25. The van der Waals surface area contributed by atoms with E-state index in [0.29, 0.717) is 0 Å². The van der Waals surface area contributed by atoms with E-state index in [-0.39, 0.29) is 0 Å². The zero-order chi connectivity index (χ0) is 12.7. The van der Waals surface area contributed by atoms with Crippen LogP contribution in [0.3, 0.4) is 0 Å². The van der Waals surface area contributed by atoms with Crippen molar-refractivity contribution < 1.29 is 4.74 Å². The van der Waals surface area contributed by atoms with E-state index in [0.717, 1.165) is 29.9 Å². The van der Waals surface area contributed by atoms with E-state index in [2.05, 4.69) is 45.3 Å². The molecule has 1 rings (SSSR count). The average molecular weight is 301 g/mol. The van der Waals surface area contributed by atoms with Crippen molar-refractivity contribution >= 4 is 15.9 Å². The lowest BCUT2D eigenvalue weighted by molar-refractivity contribution is 0.321. The van der Waals surface area contributed by atoms with Gasteiger partial charge in [-0.2, -0.15) is 0 Å². The predicted octanol–water partition coefficient (Wildman–Crippen LogP) is 2.50. The lowest BCUT2D eigenvalue weighted by Crippen LogP contribution is -2.22. The number of nitrogens with one attached hydrogen (secondary N) is 1. The van der Waals surface area contributed by atoms with E-state index in [1.165, 1.54) is 12.0 Å². The SMILES string of the molecule is CNCCCN(C)Cc1ccc(OC)c(Br)c1. The first kappa shape index (κ1) is 14.5. The molecule has 0 heterocycles. The first-order valence-electron chi connectivity index (χ1n) is 5.83. The monoisotopic (exact) mass is 300 g/mol. The van der Waals surface area contributed by atoms with Crippen molar-refractivity contribution in [2.75, 3.05) is 34.3 Å². The molecule has 0 amide bonds. The van der Waals surface area contributed by atoms with Crippen molar-refractivity contribution in [2.24, 2.45) is 0 Å². The normalized spacial score (nSPS) is 10.9. The Balaban J connectivity index is 2.48. The molecule has 0 aliphatic rings. The molecule has 0 aromatic heterocycles. The molecule has 0 unspecified atom stereocenters. The Morgan fingerprint density at radius 3 is 2.76 bits per heavy atom. The second-order valence-electron chi connectivity index (χ2n) is 4.16. The summed E-state index contributed by atoms with van der Waals surface area (Å²) in [5, 5.41) is 3.16. The van der Waals surface area contributed by atoms with Crippen LogP contribution >= 0.6 is 15.9 Å². The van der Waals surface area contributed by atoms with Crippen LogP contribution in [0.5, 0.6) is 5.75 Å². The number of methoxy groups -OCH3 is 1. The van der Waals surface area contributed by atoms with E-state index in [1.807, 2.05) is 13.1 Å². The third kappa shape index (κ3) is 5.06. The molecule has 0 saturated carbocycles. The summed E-state index contributed by atoms with van der Waals surface area (Å²) in [5.41, 5.74) is 1.30. The van der Waals surface area contributed by atoms with Gasteiger partial charge in [-0.1, -0.05) is 6.07 Å². The second kappa shape index (κ2) is 7.69. The summed E-state index contributed by atoms with van der Waals surface area (Å²) in [6.07, 6.45) is 1.17. The molecule has 0 aliphatic heterocycles. The Kier molecular flexibility index (Phi) is 6.55. The molecule has 0 bridgehead atoms. The van der Waals surface area contributed by atoms with Crippen LogP contribution in [-0.4, -0.2) is 39.2 Å². The van der Waals surface area contributed by atoms with Gasteiger partial charge in [0.1, 0.15) is 5.75 Å². The number of hydrogen-bond donors (Lipinski definition) is 1. The molecule has 1 aromatic rings. The summed E-state index contributed by atoms with van der Waals surface area (Å²) in [5.74, 6) is 0.881. The maximum Gasteiger partial charge on any atom is 0.133 e. The van der Waals surface area contributed by atoms with Gasteiger partial charge in [0.2, 0.25) is 0 Å². The van der Waals surface area contributed by atoms with Crippen molar-refractivity contribution in [1.82, 2.24) is 10.2 Å². The van der Waals surface area contributed by atoms with Gasteiger partial charge in [-0.05, 0) is 67.2 Å². The maximum absolute atomic E-state index is 5.22. The third-order valence-corrected chi connectivity index (χ3v) is 3.26. The lowest BCUT2D eigenvalue weighted by atomic mass is 10.2. The minimum Gasteiger partial charge on any atom is -0.496 e. The van der Waals surface area contributed by atoms with Gasteiger partial charge in [0.15, 0.2) is 0 Å². The van der Waals surface area contributed by atoms with Crippen LogP contribution in [-0.2, 0) is 6.54 Å². The van der Waals surface area contributed by atoms with Crippen molar-refractivity contribution in [3.8, 4) is 5.75 Å². The van der Waals surface area contributed by atoms with Crippen LogP contribution in [0.15, 0.2) is 22.7 Å². The number of rotatable bonds is 7. The summed E-state index contributed by atoms with van der Waals surface area (Å²) < 4.78 is 6.23. The number of benzene rings is 1. The Hall–Kier alpha value is -0.580. The van der Waals surface area contributed by atoms with Crippen LogP contribution in [0.4, 0.5) is 0 Å². The molecule has 17 heavy (non-hydrogen) atoms. The maximum atomic E-state index is 5.22. The average Bonchev–Trinajstić information content (AvgIpc) is 2.29. The molecule has 1 N–H and O–H groups in total. The number of hydrogen-bond acceptors (Lipinski definition) is 3. The van der Waals surface area contributed by atoms with Crippen LogP contribution in [0.25, 0.3) is 0 Å². The highest BCUT2D eigenvalue weighted by molar-refractivity contribution is 9.10. The molecule has 0 spiro atoms. The molecule has 4 heteroatoms. The van der Waals surface area contributed by atoms with Crippen molar-refractivity contribution in [3.63, 3.8) is 0 Å². The third-order valence-electron chi connectivity index (χ3n) is 2.64. The van der Waals surface area contributed by atoms with Crippen LogP contribution in [0.1, 0.15) is 12.0 Å². The highest BCUT2D eigenvalue weighted by Gasteiger charge is 2.04. The Bertz CT molecular complexity index is 344. The number of nitrogens with zero attached hydrogens (tertiary/aromatic N) is 1. The summed E-state index contributed by atoms with van der Waals surface area (Å²) in [6.45, 7) is 3.13. The van der Waals surface area contributed by atoms with E-state index >= 15 is 0 Å². The van der Waals surface area contributed by atoms with Gasteiger partial charge in [0, 0.05) is 6.54 Å². The number of halogens is 1. The summed E-state index contributed by atoms with van der Waals surface area (Å²) in [6, 6.07) is 6.23. The van der Waals surface area contributed by atoms with Gasteiger partial charge in [-0.15, -0.1) is 0 Å². The standard InChI is InChI=1S/C13H21BrN2O/c1-15-7-4-8-16(2)10-11-5-6-13(17-3)12(14)9-11/h5-6,9,15H,4,7-8,10H2,1-3H3. The van der Waals surface area contributed by atoms with E-state index in [4.69, 9.17) is 4.74 Å². The van der Waals surface area contributed by atoms with Gasteiger partial charge >= 0.3 is 0 Å². The molecule has 3 nitrogen and oxygen atoms in total. The van der Waals surface area contributed by atoms with Crippen molar-refractivity contribution in [1.29, 1.82) is 0 Å². The van der Waals surface area contributed by atoms with Gasteiger partial charge in [0.05, 0.1) is 11.6 Å². The van der Waals surface area contributed by atoms with Gasteiger partial charge in [-0.3, -0.25) is 0 Å².